The van der Waals surface area contributed by atoms with Crippen LogP contribution in [0.5, 0.6) is 0 Å². The average Bonchev–Trinajstić information content (AvgIpc) is 3.03. The van der Waals surface area contributed by atoms with Crippen LogP contribution in [0.1, 0.15) is 15.9 Å². The van der Waals surface area contributed by atoms with Gasteiger partial charge in [0.2, 0.25) is 5.13 Å². The van der Waals surface area contributed by atoms with Crippen LogP contribution in [-0.4, -0.2) is 16.1 Å². The van der Waals surface area contributed by atoms with Crippen molar-refractivity contribution in [2.24, 2.45) is 0 Å². The van der Waals surface area contributed by atoms with Crippen LogP contribution in [0, 0.1) is 5.82 Å². The summed E-state index contributed by atoms with van der Waals surface area (Å²) >= 11 is 6.02. The van der Waals surface area contributed by atoms with Crippen molar-refractivity contribution in [3.05, 3.63) is 69.9 Å². The molecule has 0 saturated heterocycles. The highest BCUT2D eigenvalue weighted by Gasteiger charge is 2.15. The van der Waals surface area contributed by atoms with Crippen LogP contribution < -0.4 is 5.32 Å². The molecular weight excluding hydrogens is 413 g/mol. The second kappa shape index (κ2) is 7.87. The van der Waals surface area contributed by atoms with Gasteiger partial charge in [0.15, 0.2) is 4.34 Å². The quantitative estimate of drug-likeness (QED) is 0.464. The van der Waals surface area contributed by atoms with E-state index < -0.39 is 11.7 Å². The summed E-state index contributed by atoms with van der Waals surface area (Å²) in [5, 5.41) is 10.9. The lowest BCUT2D eigenvalue weighted by Crippen LogP contribution is -2.13. The molecule has 122 valence electrons. The third-order valence-corrected chi connectivity index (χ3v) is 5.54. The van der Waals surface area contributed by atoms with E-state index in [2.05, 4.69) is 31.4 Å². The molecule has 24 heavy (non-hydrogen) atoms. The Bertz CT molecular complexity index is 858. The minimum absolute atomic E-state index is 0.0435. The first kappa shape index (κ1) is 17.1. The van der Waals surface area contributed by atoms with Crippen molar-refractivity contribution in [2.45, 2.75) is 10.1 Å². The van der Waals surface area contributed by atoms with Crippen LogP contribution in [0.25, 0.3) is 0 Å². The Hall–Kier alpha value is -1.77. The normalized spacial score (nSPS) is 10.6. The third-order valence-electron chi connectivity index (χ3n) is 3.01. The molecule has 1 heterocycles. The van der Waals surface area contributed by atoms with Gasteiger partial charge in [0.1, 0.15) is 5.82 Å². The van der Waals surface area contributed by atoms with Crippen LogP contribution in [0.4, 0.5) is 9.52 Å². The van der Waals surface area contributed by atoms with Gasteiger partial charge >= 0.3 is 0 Å². The van der Waals surface area contributed by atoms with Crippen molar-refractivity contribution in [3.63, 3.8) is 0 Å². The van der Waals surface area contributed by atoms with Gasteiger partial charge in [-0.3, -0.25) is 10.1 Å². The summed E-state index contributed by atoms with van der Waals surface area (Å²) in [5.74, 6) is -0.368. The number of nitrogens with zero attached hydrogens (tertiary/aromatic N) is 2. The molecule has 0 spiro atoms. The Morgan fingerprint density at radius 1 is 1.21 bits per heavy atom. The predicted octanol–water partition coefficient (Wildman–Crippen LogP) is 4.98. The number of rotatable bonds is 5. The lowest BCUT2D eigenvalue weighted by atomic mass is 10.2. The van der Waals surface area contributed by atoms with Gasteiger partial charge in [-0.1, -0.05) is 69.4 Å². The summed E-state index contributed by atoms with van der Waals surface area (Å²) in [6.45, 7) is 0. The lowest BCUT2D eigenvalue weighted by Gasteiger charge is -2.03. The SMILES string of the molecule is O=C(Nc1nnc(SCc2ccccc2)s1)c1cc(Br)ccc1F. The Kier molecular flexibility index (Phi) is 5.60. The van der Waals surface area contributed by atoms with E-state index in [9.17, 15) is 9.18 Å². The standard InChI is InChI=1S/C16H11BrFN3OS2/c17-11-6-7-13(18)12(8-11)14(22)19-15-20-21-16(24-15)23-9-10-4-2-1-3-5-10/h1-8H,9H2,(H,19,20,22). The second-order valence-electron chi connectivity index (χ2n) is 4.73. The van der Waals surface area contributed by atoms with E-state index in [0.717, 1.165) is 10.1 Å². The first-order valence-corrected chi connectivity index (χ1v) is 9.48. The zero-order valence-corrected chi connectivity index (χ0v) is 15.4. The topological polar surface area (TPSA) is 54.9 Å². The maximum Gasteiger partial charge on any atom is 0.260 e. The van der Waals surface area contributed by atoms with Crippen molar-refractivity contribution in [2.75, 3.05) is 5.32 Å². The zero-order chi connectivity index (χ0) is 16.9. The number of anilines is 1. The van der Waals surface area contributed by atoms with Gasteiger partial charge in [0, 0.05) is 10.2 Å². The van der Waals surface area contributed by atoms with Gasteiger partial charge in [-0.15, -0.1) is 10.2 Å². The molecule has 0 atom stereocenters. The molecule has 0 fully saturated rings. The summed E-state index contributed by atoms with van der Waals surface area (Å²) in [6, 6.07) is 14.2. The monoisotopic (exact) mass is 423 g/mol. The van der Waals surface area contributed by atoms with Crippen molar-refractivity contribution >= 4 is 50.1 Å². The highest BCUT2D eigenvalue weighted by atomic mass is 79.9. The number of halogens is 2. The molecule has 1 aromatic heterocycles. The Morgan fingerprint density at radius 3 is 2.79 bits per heavy atom. The molecule has 0 unspecified atom stereocenters. The molecule has 3 rings (SSSR count). The number of nitrogens with one attached hydrogen (secondary N) is 1. The first-order valence-electron chi connectivity index (χ1n) is 6.88. The molecule has 0 radical (unpaired) electrons. The number of thioether (sulfide) groups is 1. The largest absolute Gasteiger partial charge is 0.296 e. The summed E-state index contributed by atoms with van der Waals surface area (Å²) < 4.78 is 15.1. The molecule has 0 aliphatic carbocycles. The molecule has 4 nitrogen and oxygen atoms in total. The van der Waals surface area contributed by atoms with E-state index in [1.165, 1.54) is 46.9 Å². The summed E-state index contributed by atoms with van der Waals surface area (Å²) in [5.41, 5.74) is 1.14. The van der Waals surface area contributed by atoms with E-state index in [4.69, 9.17) is 0 Å². The molecule has 1 N–H and O–H groups in total. The number of benzene rings is 2. The summed E-state index contributed by atoms with van der Waals surface area (Å²) in [7, 11) is 0. The average molecular weight is 424 g/mol. The van der Waals surface area contributed by atoms with Crippen molar-refractivity contribution in [1.82, 2.24) is 10.2 Å². The molecule has 0 aliphatic rings. The smallest absolute Gasteiger partial charge is 0.260 e. The first-order chi connectivity index (χ1) is 11.6. The van der Waals surface area contributed by atoms with Crippen LogP contribution in [0.2, 0.25) is 0 Å². The Labute approximate surface area is 154 Å². The minimum atomic E-state index is -0.584. The number of aromatic nitrogens is 2. The highest BCUT2D eigenvalue weighted by Crippen LogP contribution is 2.28. The lowest BCUT2D eigenvalue weighted by molar-refractivity contribution is 0.102. The van der Waals surface area contributed by atoms with Crippen molar-refractivity contribution in [1.29, 1.82) is 0 Å². The Balaban J connectivity index is 1.63. The van der Waals surface area contributed by atoms with Crippen LogP contribution >= 0.6 is 39.0 Å². The van der Waals surface area contributed by atoms with Crippen LogP contribution in [-0.2, 0) is 5.75 Å². The number of amides is 1. The summed E-state index contributed by atoms with van der Waals surface area (Å²) in [6.07, 6.45) is 0. The van der Waals surface area contributed by atoms with E-state index in [1.54, 1.807) is 0 Å². The van der Waals surface area contributed by atoms with Crippen molar-refractivity contribution in [3.8, 4) is 0 Å². The number of carbonyl (C=O) groups excluding carboxylic acids is 1. The van der Waals surface area contributed by atoms with Gasteiger partial charge < -0.3 is 0 Å². The number of hydrogen-bond acceptors (Lipinski definition) is 5. The van der Waals surface area contributed by atoms with E-state index in [1.807, 2.05) is 30.3 Å². The predicted molar refractivity (Wildman–Crippen MR) is 98.0 cm³/mol. The summed E-state index contributed by atoms with van der Waals surface area (Å²) in [4.78, 5) is 12.1. The molecule has 0 aliphatic heterocycles. The fourth-order valence-electron chi connectivity index (χ4n) is 1.87. The molecule has 1 amide bonds. The van der Waals surface area contributed by atoms with Gasteiger partial charge in [0.05, 0.1) is 5.56 Å². The van der Waals surface area contributed by atoms with E-state index >= 15 is 0 Å². The van der Waals surface area contributed by atoms with Gasteiger partial charge in [0.25, 0.3) is 5.91 Å². The van der Waals surface area contributed by atoms with E-state index in [0.29, 0.717) is 9.60 Å². The van der Waals surface area contributed by atoms with Gasteiger partial charge in [-0.25, -0.2) is 4.39 Å². The second-order valence-corrected chi connectivity index (χ2v) is 7.84. The fraction of sp³-hybridized carbons (Fsp3) is 0.0625. The van der Waals surface area contributed by atoms with Crippen LogP contribution in [0.15, 0.2) is 57.3 Å². The van der Waals surface area contributed by atoms with Crippen molar-refractivity contribution < 1.29 is 9.18 Å². The minimum Gasteiger partial charge on any atom is -0.296 e. The molecular formula is C16H11BrFN3OS2. The fourth-order valence-corrected chi connectivity index (χ4v) is 3.94. The molecule has 0 bridgehead atoms. The third kappa shape index (κ3) is 4.40. The molecule has 8 heteroatoms. The van der Waals surface area contributed by atoms with E-state index in [-0.39, 0.29) is 5.56 Å². The molecule has 2 aromatic carbocycles. The zero-order valence-electron chi connectivity index (χ0n) is 12.2. The number of carbonyl (C=O) groups is 1. The maximum atomic E-state index is 13.7. The highest BCUT2D eigenvalue weighted by molar-refractivity contribution is 9.10. The van der Waals surface area contributed by atoms with Gasteiger partial charge in [-0.2, -0.15) is 0 Å². The maximum absolute atomic E-state index is 13.7. The number of hydrogen-bond donors (Lipinski definition) is 1. The van der Waals surface area contributed by atoms with Gasteiger partial charge in [-0.05, 0) is 23.8 Å². The molecule has 0 saturated carbocycles. The van der Waals surface area contributed by atoms with Crippen LogP contribution in [0.3, 0.4) is 0 Å². The molecule has 3 aromatic rings. The Morgan fingerprint density at radius 2 is 2.00 bits per heavy atom.